The zero-order valence-electron chi connectivity index (χ0n) is 18.5. The third-order valence-electron chi connectivity index (χ3n) is 5.71. The van der Waals surface area contributed by atoms with Crippen molar-refractivity contribution in [2.45, 2.75) is 46.1 Å². The minimum absolute atomic E-state index is 0.250. The number of aryl methyl sites for hydroxylation is 2. The molecule has 0 aliphatic heterocycles. The van der Waals surface area contributed by atoms with Crippen molar-refractivity contribution in [2.75, 3.05) is 5.32 Å². The molecule has 4 aromatic rings. The molecule has 3 N–H and O–H groups in total. The molecular weight excluding hydrogens is 382 g/mol. The highest BCUT2D eigenvalue weighted by Gasteiger charge is 2.25. The standard InChI is InChI=1S/C27H31N3O/c1-27(2,3)26(31)25-17-22(15-16-28-25)30-21-13-11-19(12-14-21)7-6-8-20-18-29-24-10-5-4-9-23(20)24/h4-5,9-18,26,29,31H,6-8H2,1-3H3,(H,28,30). The van der Waals surface area contributed by atoms with Crippen molar-refractivity contribution in [3.8, 4) is 0 Å². The fourth-order valence-electron chi connectivity index (χ4n) is 3.86. The second kappa shape index (κ2) is 8.94. The van der Waals surface area contributed by atoms with Crippen LogP contribution in [-0.4, -0.2) is 15.1 Å². The van der Waals surface area contributed by atoms with Crippen molar-refractivity contribution < 1.29 is 5.11 Å². The van der Waals surface area contributed by atoms with Crippen LogP contribution in [0.5, 0.6) is 0 Å². The maximum absolute atomic E-state index is 10.5. The molecule has 2 heterocycles. The Morgan fingerprint density at radius 3 is 2.52 bits per heavy atom. The number of pyridine rings is 1. The number of aromatic nitrogens is 2. The Balaban J connectivity index is 1.34. The number of hydrogen-bond acceptors (Lipinski definition) is 3. The Hall–Kier alpha value is -3.11. The van der Waals surface area contributed by atoms with E-state index in [1.165, 1.54) is 22.0 Å². The van der Waals surface area contributed by atoms with Crippen LogP contribution in [0.25, 0.3) is 10.9 Å². The molecule has 2 aromatic heterocycles. The summed E-state index contributed by atoms with van der Waals surface area (Å²) in [6, 6.07) is 20.9. The topological polar surface area (TPSA) is 60.9 Å². The van der Waals surface area contributed by atoms with Gasteiger partial charge in [0.2, 0.25) is 0 Å². The lowest BCUT2D eigenvalue weighted by molar-refractivity contribution is 0.0590. The third kappa shape index (κ3) is 5.15. The Kier molecular flexibility index (Phi) is 6.10. The molecule has 0 saturated carbocycles. The molecule has 0 spiro atoms. The summed E-state index contributed by atoms with van der Waals surface area (Å²) in [4.78, 5) is 7.70. The second-order valence-corrected chi connectivity index (χ2v) is 9.27. The van der Waals surface area contributed by atoms with Crippen LogP contribution in [0, 0.1) is 5.41 Å². The lowest BCUT2D eigenvalue weighted by Gasteiger charge is -2.25. The predicted molar refractivity (Wildman–Crippen MR) is 129 cm³/mol. The predicted octanol–water partition coefficient (Wildman–Crippen LogP) is 6.56. The molecule has 1 atom stereocenters. The first-order valence-corrected chi connectivity index (χ1v) is 10.9. The molecule has 0 aliphatic carbocycles. The van der Waals surface area contributed by atoms with Gasteiger partial charge in [-0.05, 0) is 66.1 Å². The molecule has 0 saturated heterocycles. The number of anilines is 2. The van der Waals surface area contributed by atoms with E-state index in [0.717, 1.165) is 30.6 Å². The van der Waals surface area contributed by atoms with Gasteiger partial charge in [0.15, 0.2) is 0 Å². The molecule has 1 unspecified atom stereocenters. The van der Waals surface area contributed by atoms with Gasteiger partial charge in [-0.2, -0.15) is 0 Å². The van der Waals surface area contributed by atoms with Gasteiger partial charge in [-0.15, -0.1) is 0 Å². The summed E-state index contributed by atoms with van der Waals surface area (Å²) in [7, 11) is 0. The lowest BCUT2D eigenvalue weighted by atomic mass is 9.87. The number of para-hydroxylation sites is 1. The molecular formula is C27H31N3O. The van der Waals surface area contributed by atoms with Crippen LogP contribution >= 0.6 is 0 Å². The van der Waals surface area contributed by atoms with Crippen molar-refractivity contribution in [3.63, 3.8) is 0 Å². The van der Waals surface area contributed by atoms with Crippen LogP contribution in [0.2, 0.25) is 0 Å². The largest absolute Gasteiger partial charge is 0.386 e. The van der Waals surface area contributed by atoms with Gasteiger partial charge in [0, 0.05) is 34.7 Å². The van der Waals surface area contributed by atoms with Crippen LogP contribution < -0.4 is 5.32 Å². The average molecular weight is 414 g/mol. The summed E-state index contributed by atoms with van der Waals surface area (Å²) in [5, 5.41) is 15.3. The number of hydrogen-bond donors (Lipinski definition) is 3. The molecule has 0 aliphatic rings. The quantitative estimate of drug-likeness (QED) is 0.321. The van der Waals surface area contributed by atoms with E-state index < -0.39 is 6.10 Å². The SMILES string of the molecule is CC(C)(C)C(O)c1cc(Nc2ccc(CCCc3c[nH]c4ccccc34)cc2)ccn1. The molecule has 4 nitrogen and oxygen atoms in total. The van der Waals surface area contributed by atoms with Crippen molar-refractivity contribution in [2.24, 2.45) is 5.41 Å². The summed E-state index contributed by atoms with van der Waals surface area (Å²) in [5.74, 6) is 0. The Labute approximate surface area is 184 Å². The number of nitrogens with zero attached hydrogens (tertiary/aromatic N) is 1. The molecule has 0 fully saturated rings. The van der Waals surface area contributed by atoms with Crippen LogP contribution in [-0.2, 0) is 12.8 Å². The number of aliphatic hydroxyl groups excluding tert-OH is 1. The van der Waals surface area contributed by atoms with E-state index in [4.69, 9.17) is 0 Å². The Bertz CT molecular complexity index is 1140. The van der Waals surface area contributed by atoms with Crippen LogP contribution in [0.1, 0.15) is 50.1 Å². The normalized spacial score (nSPS) is 12.8. The van der Waals surface area contributed by atoms with Crippen molar-refractivity contribution in [3.05, 3.63) is 89.9 Å². The van der Waals surface area contributed by atoms with Gasteiger partial charge in [-0.1, -0.05) is 51.1 Å². The van der Waals surface area contributed by atoms with Crippen LogP contribution in [0.4, 0.5) is 11.4 Å². The summed E-state index contributed by atoms with van der Waals surface area (Å²) < 4.78 is 0. The van der Waals surface area contributed by atoms with E-state index in [0.29, 0.717) is 5.69 Å². The molecule has 0 radical (unpaired) electrons. The minimum Gasteiger partial charge on any atom is -0.386 e. The summed E-state index contributed by atoms with van der Waals surface area (Å²) in [5.41, 5.74) is 6.33. The van der Waals surface area contributed by atoms with Gasteiger partial charge in [-0.25, -0.2) is 0 Å². The highest BCUT2D eigenvalue weighted by atomic mass is 16.3. The maximum Gasteiger partial charge on any atom is 0.101 e. The van der Waals surface area contributed by atoms with Crippen molar-refractivity contribution in [1.82, 2.24) is 9.97 Å². The Morgan fingerprint density at radius 1 is 0.968 bits per heavy atom. The van der Waals surface area contributed by atoms with Gasteiger partial charge < -0.3 is 15.4 Å². The smallest absolute Gasteiger partial charge is 0.101 e. The molecule has 0 bridgehead atoms. The van der Waals surface area contributed by atoms with Crippen LogP contribution in [0.15, 0.2) is 73.1 Å². The fraction of sp³-hybridized carbons (Fsp3) is 0.296. The van der Waals surface area contributed by atoms with Gasteiger partial charge >= 0.3 is 0 Å². The van der Waals surface area contributed by atoms with Gasteiger partial charge in [0.05, 0.1) is 5.69 Å². The van der Waals surface area contributed by atoms with Crippen LogP contribution in [0.3, 0.4) is 0 Å². The number of H-pyrrole nitrogens is 1. The first-order chi connectivity index (χ1) is 14.9. The minimum atomic E-state index is -0.603. The highest BCUT2D eigenvalue weighted by Crippen LogP contribution is 2.32. The molecule has 160 valence electrons. The fourth-order valence-corrected chi connectivity index (χ4v) is 3.86. The lowest BCUT2D eigenvalue weighted by Crippen LogP contribution is -2.18. The highest BCUT2D eigenvalue weighted by molar-refractivity contribution is 5.83. The van der Waals surface area contributed by atoms with E-state index >= 15 is 0 Å². The molecule has 0 amide bonds. The first-order valence-electron chi connectivity index (χ1n) is 10.9. The van der Waals surface area contributed by atoms with E-state index in [1.54, 1.807) is 6.20 Å². The molecule has 2 aromatic carbocycles. The van der Waals surface area contributed by atoms with Crippen molar-refractivity contribution >= 4 is 22.3 Å². The monoisotopic (exact) mass is 413 g/mol. The molecule has 31 heavy (non-hydrogen) atoms. The molecule has 4 rings (SSSR count). The van der Waals surface area contributed by atoms with Gasteiger partial charge in [-0.3, -0.25) is 4.98 Å². The maximum atomic E-state index is 10.5. The second-order valence-electron chi connectivity index (χ2n) is 9.27. The molecule has 4 heteroatoms. The Morgan fingerprint density at radius 2 is 1.74 bits per heavy atom. The van der Waals surface area contributed by atoms with E-state index in [1.807, 2.05) is 32.9 Å². The van der Waals surface area contributed by atoms with E-state index in [9.17, 15) is 5.11 Å². The third-order valence-corrected chi connectivity index (χ3v) is 5.71. The number of aromatic amines is 1. The number of benzene rings is 2. The average Bonchev–Trinajstić information content (AvgIpc) is 3.17. The summed E-state index contributed by atoms with van der Waals surface area (Å²) in [6.07, 6.45) is 6.51. The summed E-state index contributed by atoms with van der Waals surface area (Å²) in [6.45, 7) is 6.03. The van der Waals surface area contributed by atoms with E-state index in [-0.39, 0.29) is 5.41 Å². The number of nitrogens with one attached hydrogen (secondary N) is 2. The first kappa shape index (κ1) is 21.1. The summed E-state index contributed by atoms with van der Waals surface area (Å²) >= 11 is 0. The van der Waals surface area contributed by atoms with Gasteiger partial charge in [0.1, 0.15) is 6.10 Å². The van der Waals surface area contributed by atoms with E-state index in [2.05, 4.69) is 70.0 Å². The number of aliphatic hydroxyl groups is 1. The number of fused-ring (bicyclic) bond motifs is 1. The van der Waals surface area contributed by atoms with Crippen molar-refractivity contribution in [1.29, 1.82) is 0 Å². The zero-order valence-corrected chi connectivity index (χ0v) is 18.5. The number of rotatable bonds is 7. The zero-order chi connectivity index (χ0) is 21.8. The van der Waals surface area contributed by atoms with Gasteiger partial charge in [0.25, 0.3) is 0 Å².